The van der Waals surface area contributed by atoms with E-state index in [0.29, 0.717) is 12.8 Å². The Morgan fingerprint density at radius 2 is 2.00 bits per heavy atom. The minimum absolute atomic E-state index is 0.0705. The van der Waals surface area contributed by atoms with Crippen LogP contribution in [0, 0.1) is 0 Å². The number of rotatable bonds is 2. The minimum atomic E-state index is -0.557. The molecule has 0 aromatic heterocycles. The zero-order valence-electron chi connectivity index (χ0n) is 11.0. The first-order valence-corrected chi connectivity index (χ1v) is 6.14. The summed E-state index contributed by atoms with van der Waals surface area (Å²) in [6, 6.07) is 0.176. The van der Waals surface area contributed by atoms with Gasteiger partial charge < -0.3 is 20.9 Å². The van der Waals surface area contributed by atoms with Crippen molar-refractivity contribution in [1.29, 1.82) is 0 Å². The number of aliphatic hydroxyl groups excluding tert-OH is 1. The number of carbonyl (C=O) groups is 1. The Hall–Kier alpha value is -0.810. The highest BCUT2D eigenvalue weighted by Crippen LogP contribution is 2.27. The van der Waals surface area contributed by atoms with Gasteiger partial charge in [-0.2, -0.15) is 0 Å². The smallest absolute Gasteiger partial charge is 0.408 e. The lowest BCUT2D eigenvalue weighted by Gasteiger charge is -2.38. The molecule has 0 radical (unpaired) electrons. The third-order valence-corrected chi connectivity index (χ3v) is 3.06. The molecule has 4 N–H and O–H groups in total. The first-order chi connectivity index (χ1) is 7.76. The average Bonchev–Trinajstić information content (AvgIpc) is 2.19. The maximum Gasteiger partial charge on any atom is 0.408 e. The number of hydrogen-bond donors (Lipinski definition) is 3. The lowest BCUT2D eigenvalue weighted by Crippen LogP contribution is -2.55. The first kappa shape index (κ1) is 14.3. The predicted molar refractivity (Wildman–Crippen MR) is 65.6 cm³/mol. The van der Waals surface area contributed by atoms with E-state index in [1.165, 1.54) is 0 Å². The van der Waals surface area contributed by atoms with Gasteiger partial charge in [-0.1, -0.05) is 0 Å². The van der Waals surface area contributed by atoms with E-state index in [1.54, 1.807) is 0 Å². The number of alkyl carbamates (subject to hydrolysis) is 1. The van der Waals surface area contributed by atoms with Gasteiger partial charge in [0.15, 0.2) is 0 Å². The van der Waals surface area contributed by atoms with Crippen molar-refractivity contribution in [1.82, 2.24) is 5.32 Å². The average molecular weight is 244 g/mol. The summed E-state index contributed by atoms with van der Waals surface area (Å²) in [6.45, 7) is 5.37. The van der Waals surface area contributed by atoms with Crippen LogP contribution in [0.25, 0.3) is 0 Å². The van der Waals surface area contributed by atoms with Gasteiger partial charge in [-0.05, 0) is 46.5 Å². The van der Waals surface area contributed by atoms with Crippen LogP contribution in [0.2, 0.25) is 0 Å². The molecule has 100 valence electrons. The standard InChI is InChI=1S/C12H24N2O3/c1-11(2,3)17-10(16)14-12(8-15)6-4-9(13)5-7-12/h9,15H,4-8,13H2,1-3H3,(H,14,16). The molecule has 17 heavy (non-hydrogen) atoms. The van der Waals surface area contributed by atoms with E-state index in [-0.39, 0.29) is 12.6 Å². The monoisotopic (exact) mass is 244 g/mol. The fourth-order valence-corrected chi connectivity index (χ4v) is 2.04. The second-order valence-corrected chi connectivity index (χ2v) is 5.90. The molecule has 0 spiro atoms. The first-order valence-electron chi connectivity index (χ1n) is 6.14. The highest BCUT2D eigenvalue weighted by Gasteiger charge is 2.36. The zero-order chi connectivity index (χ0) is 13.1. The van der Waals surface area contributed by atoms with E-state index >= 15 is 0 Å². The van der Waals surface area contributed by atoms with Crippen LogP contribution in [0.5, 0.6) is 0 Å². The van der Waals surface area contributed by atoms with Crippen LogP contribution in [0.3, 0.4) is 0 Å². The number of aliphatic hydroxyl groups is 1. The summed E-state index contributed by atoms with van der Waals surface area (Å²) in [5.74, 6) is 0. The molecule has 1 saturated carbocycles. The highest BCUT2D eigenvalue weighted by atomic mass is 16.6. The maximum atomic E-state index is 11.7. The van der Waals surface area contributed by atoms with Crippen molar-refractivity contribution in [2.24, 2.45) is 5.73 Å². The van der Waals surface area contributed by atoms with E-state index in [9.17, 15) is 9.90 Å². The summed E-state index contributed by atoms with van der Waals surface area (Å²) in [5.41, 5.74) is 4.74. The molecule has 5 nitrogen and oxygen atoms in total. The molecule has 5 heteroatoms. The molecule has 0 unspecified atom stereocenters. The van der Waals surface area contributed by atoms with E-state index in [2.05, 4.69) is 5.32 Å². The van der Waals surface area contributed by atoms with Crippen LogP contribution < -0.4 is 11.1 Å². The van der Waals surface area contributed by atoms with Crippen LogP contribution in [0.15, 0.2) is 0 Å². The van der Waals surface area contributed by atoms with E-state index in [1.807, 2.05) is 20.8 Å². The molecule has 0 saturated heterocycles. The fraction of sp³-hybridized carbons (Fsp3) is 0.917. The third kappa shape index (κ3) is 4.52. The Kier molecular flexibility index (Phi) is 4.38. The summed E-state index contributed by atoms with van der Waals surface area (Å²) >= 11 is 0. The molecule has 0 atom stereocenters. The Labute approximate surface area is 103 Å². The van der Waals surface area contributed by atoms with Crippen molar-refractivity contribution in [2.75, 3.05) is 6.61 Å². The van der Waals surface area contributed by atoms with Crippen molar-refractivity contribution in [3.8, 4) is 0 Å². The SMILES string of the molecule is CC(C)(C)OC(=O)NC1(CO)CCC(N)CC1. The van der Waals surface area contributed by atoms with Crippen LogP contribution in [0.1, 0.15) is 46.5 Å². The number of nitrogens with one attached hydrogen (secondary N) is 1. The maximum absolute atomic E-state index is 11.7. The normalized spacial score (nSPS) is 29.8. The van der Waals surface area contributed by atoms with Crippen molar-refractivity contribution >= 4 is 6.09 Å². The molecule has 1 fully saturated rings. The van der Waals surface area contributed by atoms with Crippen LogP contribution >= 0.6 is 0 Å². The summed E-state index contributed by atoms with van der Waals surface area (Å²) in [7, 11) is 0. The lowest BCUT2D eigenvalue weighted by molar-refractivity contribution is 0.0335. The summed E-state index contributed by atoms with van der Waals surface area (Å²) in [4.78, 5) is 11.7. The molecule has 1 aliphatic rings. The van der Waals surface area contributed by atoms with E-state index in [4.69, 9.17) is 10.5 Å². The van der Waals surface area contributed by atoms with Gasteiger partial charge in [0.05, 0.1) is 12.1 Å². The summed E-state index contributed by atoms with van der Waals surface area (Å²) in [5, 5.41) is 12.3. The minimum Gasteiger partial charge on any atom is -0.444 e. The molecular formula is C12H24N2O3. The van der Waals surface area contributed by atoms with Gasteiger partial charge in [0.1, 0.15) is 5.60 Å². The Bertz CT molecular complexity index is 265. The molecule has 0 aliphatic heterocycles. The van der Waals surface area contributed by atoms with Gasteiger partial charge in [0, 0.05) is 6.04 Å². The number of ether oxygens (including phenoxy) is 1. The highest BCUT2D eigenvalue weighted by molar-refractivity contribution is 5.68. The van der Waals surface area contributed by atoms with Crippen LogP contribution in [-0.2, 0) is 4.74 Å². The van der Waals surface area contributed by atoms with E-state index < -0.39 is 17.2 Å². The third-order valence-electron chi connectivity index (χ3n) is 3.06. The molecule has 1 rings (SSSR count). The molecule has 1 aliphatic carbocycles. The Morgan fingerprint density at radius 1 is 1.47 bits per heavy atom. The summed E-state index contributed by atoms with van der Waals surface area (Å²) in [6.07, 6.45) is 2.56. The van der Waals surface area contributed by atoms with Gasteiger partial charge in [0.2, 0.25) is 0 Å². The zero-order valence-corrected chi connectivity index (χ0v) is 11.0. The van der Waals surface area contributed by atoms with Gasteiger partial charge in [-0.3, -0.25) is 0 Å². The Morgan fingerprint density at radius 3 is 2.41 bits per heavy atom. The molecule has 0 bridgehead atoms. The van der Waals surface area contributed by atoms with Crippen molar-refractivity contribution in [3.63, 3.8) is 0 Å². The lowest BCUT2D eigenvalue weighted by atomic mass is 9.80. The largest absolute Gasteiger partial charge is 0.444 e. The topological polar surface area (TPSA) is 84.6 Å². The van der Waals surface area contributed by atoms with Gasteiger partial charge in [-0.25, -0.2) is 4.79 Å². The van der Waals surface area contributed by atoms with Crippen molar-refractivity contribution < 1.29 is 14.6 Å². The second-order valence-electron chi connectivity index (χ2n) is 5.90. The predicted octanol–water partition coefficient (Wildman–Crippen LogP) is 1.14. The molecule has 0 aromatic carbocycles. The molecule has 0 heterocycles. The molecular weight excluding hydrogens is 220 g/mol. The summed E-state index contributed by atoms with van der Waals surface area (Å²) < 4.78 is 5.20. The Balaban J connectivity index is 2.54. The van der Waals surface area contributed by atoms with Crippen molar-refractivity contribution in [3.05, 3.63) is 0 Å². The van der Waals surface area contributed by atoms with Crippen molar-refractivity contribution in [2.45, 2.75) is 63.6 Å². The van der Waals surface area contributed by atoms with Crippen LogP contribution in [-0.4, -0.2) is 35.0 Å². The van der Waals surface area contributed by atoms with Gasteiger partial charge >= 0.3 is 6.09 Å². The van der Waals surface area contributed by atoms with E-state index in [0.717, 1.165) is 12.8 Å². The van der Waals surface area contributed by atoms with Crippen LogP contribution in [0.4, 0.5) is 4.79 Å². The number of nitrogens with two attached hydrogens (primary N) is 1. The quantitative estimate of drug-likeness (QED) is 0.680. The molecule has 0 aromatic rings. The van der Waals surface area contributed by atoms with Gasteiger partial charge in [0.25, 0.3) is 0 Å². The number of hydrogen-bond acceptors (Lipinski definition) is 4. The molecule has 1 amide bonds. The second kappa shape index (κ2) is 5.23. The number of carbonyl (C=O) groups excluding carboxylic acids is 1. The van der Waals surface area contributed by atoms with Gasteiger partial charge in [-0.15, -0.1) is 0 Å². The fourth-order valence-electron chi connectivity index (χ4n) is 2.04. The number of amides is 1.